The number of alkyl halides is 3. The number of hydrogen-bond acceptors (Lipinski definition) is 4. The van der Waals surface area contributed by atoms with Crippen molar-refractivity contribution in [2.24, 2.45) is 13.0 Å². The van der Waals surface area contributed by atoms with Gasteiger partial charge in [-0.3, -0.25) is 0 Å². The second kappa shape index (κ2) is 21.5. The van der Waals surface area contributed by atoms with E-state index in [0.29, 0.717) is 23.5 Å². The maximum absolute atomic E-state index is 12.6. The van der Waals surface area contributed by atoms with Gasteiger partial charge in [-0.15, -0.1) is 19.8 Å². The summed E-state index contributed by atoms with van der Waals surface area (Å²) in [7, 11) is 2.85. The number of fused-ring (bicyclic) bond motifs is 1. The van der Waals surface area contributed by atoms with Gasteiger partial charge in [-0.25, -0.2) is 4.79 Å². The van der Waals surface area contributed by atoms with Gasteiger partial charge in [0.1, 0.15) is 11.5 Å². The van der Waals surface area contributed by atoms with Crippen molar-refractivity contribution in [1.82, 2.24) is 4.57 Å². The number of halogens is 3. The number of carbonyl (C=O) groups is 1. The molecular formula is C37H50F3NO5. The number of benzene rings is 2. The van der Waals surface area contributed by atoms with Crippen LogP contribution in [0.3, 0.4) is 0 Å². The van der Waals surface area contributed by atoms with E-state index in [4.69, 9.17) is 14.9 Å². The topological polar surface area (TPSA) is 80.9 Å². The van der Waals surface area contributed by atoms with Gasteiger partial charge in [-0.2, -0.15) is 0 Å². The minimum atomic E-state index is -4.76. The van der Waals surface area contributed by atoms with Crippen molar-refractivity contribution in [1.29, 1.82) is 0 Å². The highest BCUT2D eigenvalue weighted by molar-refractivity contribution is 5.87. The van der Waals surface area contributed by atoms with Gasteiger partial charge in [0.2, 0.25) is 0 Å². The van der Waals surface area contributed by atoms with Crippen LogP contribution in [0, 0.1) is 12.8 Å². The first kappa shape index (κ1) is 41.8. The molecule has 1 heterocycles. The molecule has 0 saturated heterocycles. The molecular weight excluding hydrogens is 595 g/mol. The quantitative estimate of drug-likeness (QED) is 0.160. The Morgan fingerprint density at radius 2 is 1.70 bits per heavy atom. The van der Waals surface area contributed by atoms with Crippen molar-refractivity contribution in [2.75, 3.05) is 7.11 Å². The van der Waals surface area contributed by atoms with Crippen LogP contribution in [0.15, 0.2) is 91.1 Å². The monoisotopic (exact) mass is 645 g/mol. The minimum absolute atomic E-state index is 0.274. The molecule has 3 rings (SSSR count). The number of aliphatic hydroxyl groups is 1. The molecule has 0 spiro atoms. The Hall–Kier alpha value is -4.24. The Kier molecular flexibility index (Phi) is 19.5. The summed E-state index contributed by atoms with van der Waals surface area (Å²) in [5, 5.41) is 16.7. The van der Waals surface area contributed by atoms with Gasteiger partial charge in [0.15, 0.2) is 6.10 Å². The van der Waals surface area contributed by atoms with Gasteiger partial charge in [-0.1, -0.05) is 74.9 Å². The molecule has 2 N–H and O–H groups in total. The highest BCUT2D eigenvalue weighted by atomic mass is 19.4. The van der Waals surface area contributed by atoms with Crippen molar-refractivity contribution >= 4 is 16.9 Å². The van der Waals surface area contributed by atoms with Crippen LogP contribution in [0.1, 0.15) is 64.8 Å². The average molecular weight is 646 g/mol. The standard InChI is InChI=1S/C21H20F3NO4.C13H20.C2H6.CH4O/c1-12-17(10-14-5-4-6-15(9-14)28-13(2)20(26)27)18-11-16(29-21(22,23)24)7-8-19(18)25(12)3;1-5-13(4)11-9-7-6-8-10-12(2)3;2*1-2/h4-9,11,13H,10H2,1-3H3,(H,26,27);5-7,9-11,13H,1,8H2,2-4H3;1-2H3;2H,1H3/b;7-6-,11-9-;;. The Morgan fingerprint density at radius 3 is 2.26 bits per heavy atom. The molecule has 2 aromatic carbocycles. The molecule has 9 heteroatoms. The van der Waals surface area contributed by atoms with Crippen LogP contribution in [-0.4, -0.2) is 40.3 Å². The number of nitrogens with zero attached hydrogens (tertiary/aromatic N) is 1. The number of hydrogen-bond donors (Lipinski definition) is 2. The fourth-order valence-electron chi connectivity index (χ4n) is 4.01. The summed E-state index contributed by atoms with van der Waals surface area (Å²) in [5.74, 6) is -0.466. The van der Waals surface area contributed by atoms with E-state index in [-0.39, 0.29) is 5.75 Å². The van der Waals surface area contributed by atoms with Crippen molar-refractivity contribution < 1.29 is 37.7 Å². The predicted octanol–water partition coefficient (Wildman–Crippen LogP) is 9.74. The molecule has 2 atom stereocenters. The lowest BCUT2D eigenvalue weighted by Crippen LogP contribution is -2.22. The molecule has 2 unspecified atom stereocenters. The third-order valence-electron chi connectivity index (χ3n) is 6.46. The van der Waals surface area contributed by atoms with Gasteiger partial charge >= 0.3 is 12.3 Å². The Morgan fingerprint density at radius 1 is 1.04 bits per heavy atom. The largest absolute Gasteiger partial charge is 0.573 e. The van der Waals surface area contributed by atoms with E-state index < -0.39 is 18.4 Å². The molecule has 3 aromatic rings. The summed E-state index contributed by atoms with van der Waals surface area (Å²) >= 11 is 0. The number of rotatable bonds is 11. The van der Waals surface area contributed by atoms with Gasteiger partial charge in [0.05, 0.1) is 0 Å². The number of aromatic nitrogens is 1. The fourth-order valence-corrected chi connectivity index (χ4v) is 4.01. The van der Waals surface area contributed by atoms with E-state index in [0.717, 1.165) is 35.9 Å². The van der Waals surface area contributed by atoms with E-state index in [1.165, 1.54) is 24.6 Å². The lowest BCUT2D eigenvalue weighted by Gasteiger charge is -2.12. The molecule has 0 aliphatic carbocycles. The van der Waals surface area contributed by atoms with Crippen molar-refractivity contribution in [3.05, 3.63) is 108 Å². The molecule has 0 aliphatic rings. The van der Waals surface area contributed by atoms with Crippen molar-refractivity contribution in [3.63, 3.8) is 0 Å². The number of carboxylic acids is 1. The fraction of sp³-hybridized carbons (Fsp3) is 0.378. The first-order chi connectivity index (χ1) is 21.7. The van der Waals surface area contributed by atoms with Gasteiger partial charge < -0.3 is 24.3 Å². The summed E-state index contributed by atoms with van der Waals surface area (Å²) < 4.78 is 49.2. The van der Waals surface area contributed by atoms with Gasteiger partial charge in [0, 0.05) is 30.8 Å². The maximum Gasteiger partial charge on any atom is 0.573 e. The first-order valence-electron chi connectivity index (χ1n) is 15.1. The molecule has 0 saturated carbocycles. The van der Waals surface area contributed by atoms with Gasteiger partial charge in [0.25, 0.3) is 0 Å². The molecule has 46 heavy (non-hydrogen) atoms. The van der Waals surface area contributed by atoms with Crippen LogP contribution in [0.5, 0.6) is 11.5 Å². The van der Waals surface area contributed by atoms with Crippen LogP contribution in [0.4, 0.5) is 13.2 Å². The van der Waals surface area contributed by atoms with Crippen LogP contribution in [0.25, 0.3) is 10.9 Å². The molecule has 0 aliphatic heterocycles. The SMILES string of the molecule is C=CC(C)/C=C\C=C/CC=C(C)C.CC.CO.Cc1c(Cc2cccc(OC(C)C(=O)O)c2)c2cc(OC(F)(F)F)ccc2n1C. The summed E-state index contributed by atoms with van der Waals surface area (Å²) in [6.45, 7) is 17.4. The lowest BCUT2D eigenvalue weighted by atomic mass is 10.0. The number of aliphatic hydroxyl groups excluding tert-OH is 1. The van der Waals surface area contributed by atoms with E-state index >= 15 is 0 Å². The summed E-state index contributed by atoms with van der Waals surface area (Å²) in [5.41, 5.74) is 4.78. The van der Waals surface area contributed by atoms with E-state index in [9.17, 15) is 18.0 Å². The number of aryl methyl sites for hydroxylation is 1. The zero-order valence-corrected chi connectivity index (χ0v) is 28.5. The summed E-state index contributed by atoms with van der Waals surface area (Å²) in [6, 6.07) is 11.3. The van der Waals surface area contributed by atoms with Crippen LogP contribution >= 0.6 is 0 Å². The summed E-state index contributed by atoms with van der Waals surface area (Å²) in [6.07, 6.45) is 8.29. The predicted molar refractivity (Wildman–Crippen MR) is 182 cm³/mol. The molecule has 0 bridgehead atoms. The second-order valence-corrected chi connectivity index (χ2v) is 10.2. The van der Waals surface area contributed by atoms with Gasteiger partial charge in [-0.05, 0) is 87.9 Å². The third kappa shape index (κ3) is 15.2. The van der Waals surface area contributed by atoms with E-state index in [1.807, 2.05) is 44.5 Å². The lowest BCUT2D eigenvalue weighted by molar-refractivity contribution is -0.274. The Balaban J connectivity index is 0.00000100. The highest BCUT2D eigenvalue weighted by Crippen LogP contribution is 2.33. The number of carboxylic acid groups (broad SMARTS) is 1. The Labute approximate surface area is 272 Å². The smallest absolute Gasteiger partial charge is 0.479 e. The van der Waals surface area contributed by atoms with Crippen LogP contribution in [0.2, 0.25) is 0 Å². The van der Waals surface area contributed by atoms with E-state index in [1.54, 1.807) is 24.3 Å². The minimum Gasteiger partial charge on any atom is -0.479 e. The molecule has 0 amide bonds. The maximum atomic E-state index is 12.6. The average Bonchev–Trinajstić information content (AvgIpc) is 3.24. The number of aliphatic carboxylic acids is 1. The molecule has 0 radical (unpaired) electrons. The van der Waals surface area contributed by atoms with Crippen molar-refractivity contribution in [3.8, 4) is 11.5 Å². The molecule has 0 fully saturated rings. The number of allylic oxidation sites excluding steroid dienone is 7. The van der Waals surface area contributed by atoms with Crippen LogP contribution < -0.4 is 9.47 Å². The zero-order chi connectivity index (χ0) is 35.4. The summed E-state index contributed by atoms with van der Waals surface area (Å²) in [4.78, 5) is 11.0. The third-order valence-corrected chi connectivity index (χ3v) is 6.46. The first-order valence-corrected chi connectivity index (χ1v) is 15.1. The second-order valence-electron chi connectivity index (χ2n) is 10.2. The molecule has 1 aromatic heterocycles. The number of ether oxygens (including phenoxy) is 2. The van der Waals surface area contributed by atoms with E-state index in [2.05, 4.69) is 62.5 Å². The van der Waals surface area contributed by atoms with Crippen LogP contribution in [-0.2, 0) is 18.3 Å². The Bertz CT molecular complexity index is 1450. The van der Waals surface area contributed by atoms with Crippen molar-refractivity contribution in [2.45, 2.75) is 73.8 Å². The molecule has 254 valence electrons. The highest BCUT2D eigenvalue weighted by Gasteiger charge is 2.31. The zero-order valence-electron chi connectivity index (χ0n) is 28.5. The molecule has 6 nitrogen and oxygen atoms in total. The normalized spacial score (nSPS) is 12.1.